The number of nitrogens with one attached hydrogen (secondary N) is 1. The molecule has 1 atom stereocenters. The van der Waals surface area contributed by atoms with Gasteiger partial charge in [-0.3, -0.25) is 4.79 Å². The van der Waals surface area contributed by atoms with Gasteiger partial charge in [0.15, 0.2) is 5.17 Å². The molecule has 0 spiro atoms. The zero-order chi connectivity index (χ0) is 19.3. The second-order valence-corrected chi connectivity index (χ2v) is 7.78. The van der Waals surface area contributed by atoms with Crippen LogP contribution in [-0.4, -0.2) is 22.5 Å². The molecule has 3 aromatic rings. The maximum Gasteiger partial charge on any atom is 0.239 e. The summed E-state index contributed by atoms with van der Waals surface area (Å²) in [6.07, 6.45) is 2.17. The molecule has 1 aromatic heterocycles. The summed E-state index contributed by atoms with van der Waals surface area (Å²) in [6, 6.07) is 21.0. The fraction of sp³-hybridized carbons (Fsp3) is 0.0952. The molecule has 0 unspecified atom stereocenters. The van der Waals surface area contributed by atoms with E-state index in [1.165, 1.54) is 18.0 Å². The van der Waals surface area contributed by atoms with Crippen molar-refractivity contribution in [1.29, 1.82) is 0 Å². The maximum absolute atomic E-state index is 12.1. The topological polar surface area (TPSA) is 67.0 Å². The molecular weight excluding hydrogens is 394 g/mol. The number of amidine groups is 1. The zero-order valence-electron chi connectivity index (χ0n) is 14.7. The third-order valence-electron chi connectivity index (χ3n) is 4.11. The van der Waals surface area contributed by atoms with Gasteiger partial charge in [0.05, 0.1) is 11.5 Å². The SMILES string of the molecule is O=C1N/C(=N/N=C\c2ccc(-c3cccc(Cl)c3)o2)S[C@H]1Cc1ccccc1. The first kappa shape index (κ1) is 18.5. The summed E-state index contributed by atoms with van der Waals surface area (Å²) in [5.41, 5.74) is 2.00. The fourth-order valence-corrected chi connectivity index (χ4v) is 3.93. The summed E-state index contributed by atoms with van der Waals surface area (Å²) in [6.45, 7) is 0. The number of rotatable bonds is 5. The minimum Gasteiger partial charge on any atom is -0.455 e. The lowest BCUT2D eigenvalue weighted by molar-refractivity contribution is -0.118. The van der Waals surface area contributed by atoms with Gasteiger partial charge in [-0.15, -0.1) is 5.10 Å². The predicted octanol–water partition coefficient (Wildman–Crippen LogP) is 4.76. The molecular formula is C21H16ClN3O2S. The minimum atomic E-state index is -0.200. The molecule has 7 heteroatoms. The molecule has 2 aromatic carbocycles. The number of amides is 1. The van der Waals surface area contributed by atoms with Gasteiger partial charge in [0, 0.05) is 10.6 Å². The lowest BCUT2D eigenvalue weighted by Crippen LogP contribution is -2.25. The van der Waals surface area contributed by atoms with Crippen molar-refractivity contribution in [1.82, 2.24) is 5.32 Å². The van der Waals surface area contributed by atoms with Crippen molar-refractivity contribution in [3.63, 3.8) is 0 Å². The molecule has 1 N–H and O–H groups in total. The summed E-state index contributed by atoms with van der Waals surface area (Å²) in [7, 11) is 0. The standard InChI is InChI=1S/C21H16ClN3O2S/c22-16-8-4-7-15(12-16)18-10-9-17(27-18)13-23-25-21-24-20(26)19(28-21)11-14-5-2-1-3-6-14/h1-10,12-13,19H,11H2,(H,24,25,26)/b23-13-/t19-/m0/s1. The Morgan fingerprint density at radius 3 is 2.79 bits per heavy atom. The highest BCUT2D eigenvalue weighted by Gasteiger charge is 2.30. The first-order chi connectivity index (χ1) is 13.7. The maximum atomic E-state index is 12.1. The first-order valence-corrected chi connectivity index (χ1v) is 9.91. The molecule has 28 heavy (non-hydrogen) atoms. The number of carbonyl (C=O) groups is 1. The van der Waals surface area contributed by atoms with E-state index in [9.17, 15) is 4.79 Å². The van der Waals surface area contributed by atoms with Crippen LogP contribution in [0.1, 0.15) is 11.3 Å². The first-order valence-electron chi connectivity index (χ1n) is 8.65. The molecule has 2 heterocycles. The molecule has 0 aliphatic carbocycles. The number of halogens is 1. The van der Waals surface area contributed by atoms with Gasteiger partial charge in [-0.1, -0.05) is 65.8 Å². The minimum absolute atomic E-state index is 0.0518. The second kappa shape index (κ2) is 8.46. The molecule has 1 aliphatic rings. The lowest BCUT2D eigenvalue weighted by atomic mass is 10.1. The van der Waals surface area contributed by atoms with Crippen molar-refractivity contribution < 1.29 is 9.21 Å². The Morgan fingerprint density at radius 1 is 1.11 bits per heavy atom. The Kier molecular flexibility index (Phi) is 5.60. The van der Waals surface area contributed by atoms with Crippen molar-refractivity contribution in [2.24, 2.45) is 10.2 Å². The highest BCUT2D eigenvalue weighted by Crippen LogP contribution is 2.25. The molecule has 1 saturated heterocycles. The number of nitrogens with zero attached hydrogens (tertiary/aromatic N) is 2. The average molecular weight is 410 g/mol. The van der Waals surface area contributed by atoms with Gasteiger partial charge >= 0.3 is 0 Å². The van der Waals surface area contributed by atoms with Crippen LogP contribution in [0.3, 0.4) is 0 Å². The third-order valence-corrected chi connectivity index (χ3v) is 5.42. The number of carbonyl (C=O) groups excluding carboxylic acids is 1. The van der Waals surface area contributed by atoms with Gasteiger partial charge in [0.1, 0.15) is 11.5 Å². The van der Waals surface area contributed by atoms with Crippen LogP contribution < -0.4 is 5.32 Å². The smallest absolute Gasteiger partial charge is 0.239 e. The van der Waals surface area contributed by atoms with Crippen LogP contribution in [0.2, 0.25) is 5.02 Å². The van der Waals surface area contributed by atoms with E-state index in [2.05, 4.69) is 15.5 Å². The lowest BCUT2D eigenvalue weighted by Gasteiger charge is -2.04. The third kappa shape index (κ3) is 4.52. The summed E-state index contributed by atoms with van der Waals surface area (Å²) in [4.78, 5) is 12.1. The van der Waals surface area contributed by atoms with E-state index in [-0.39, 0.29) is 11.2 Å². The van der Waals surface area contributed by atoms with Crippen LogP contribution >= 0.6 is 23.4 Å². The molecule has 0 bridgehead atoms. The number of benzene rings is 2. The zero-order valence-corrected chi connectivity index (χ0v) is 16.3. The normalized spacial score (nSPS) is 18.1. The average Bonchev–Trinajstić information content (AvgIpc) is 3.30. The van der Waals surface area contributed by atoms with Crippen LogP contribution in [0.5, 0.6) is 0 Å². The summed E-state index contributed by atoms with van der Waals surface area (Å²) >= 11 is 7.39. The molecule has 4 rings (SSSR count). The number of thioether (sulfide) groups is 1. The Hall–Kier alpha value is -2.83. The molecule has 140 valence electrons. The van der Waals surface area contributed by atoms with E-state index in [0.717, 1.165) is 11.1 Å². The Labute approximate surface area is 171 Å². The van der Waals surface area contributed by atoms with E-state index in [0.29, 0.717) is 28.1 Å². The van der Waals surface area contributed by atoms with Crippen molar-refractivity contribution in [3.05, 3.63) is 83.1 Å². The highest BCUT2D eigenvalue weighted by molar-refractivity contribution is 8.15. The predicted molar refractivity (Wildman–Crippen MR) is 114 cm³/mol. The van der Waals surface area contributed by atoms with Gasteiger partial charge in [-0.25, -0.2) is 0 Å². The monoisotopic (exact) mass is 409 g/mol. The Morgan fingerprint density at radius 2 is 1.96 bits per heavy atom. The van der Waals surface area contributed by atoms with E-state index < -0.39 is 0 Å². The Balaban J connectivity index is 1.39. The van der Waals surface area contributed by atoms with Gasteiger partial charge in [-0.05, 0) is 36.2 Å². The highest BCUT2D eigenvalue weighted by atomic mass is 35.5. The molecule has 0 saturated carbocycles. The molecule has 5 nitrogen and oxygen atoms in total. The van der Waals surface area contributed by atoms with Gasteiger partial charge < -0.3 is 9.73 Å². The Bertz CT molecular complexity index is 1050. The molecule has 1 fully saturated rings. The number of hydrogen-bond donors (Lipinski definition) is 1. The largest absolute Gasteiger partial charge is 0.455 e. The quantitative estimate of drug-likeness (QED) is 0.487. The number of hydrogen-bond acceptors (Lipinski definition) is 5. The van der Waals surface area contributed by atoms with Gasteiger partial charge in [-0.2, -0.15) is 5.10 Å². The van der Waals surface area contributed by atoms with Gasteiger partial charge in [0.25, 0.3) is 0 Å². The molecule has 0 radical (unpaired) electrons. The van der Waals surface area contributed by atoms with Crippen LogP contribution in [-0.2, 0) is 11.2 Å². The van der Waals surface area contributed by atoms with Crippen molar-refractivity contribution in [3.8, 4) is 11.3 Å². The molecule has 1 amide bonds. The summed E-state index contributed by atoms with van der Waals surface area (Å²) < 4.78 is 5.74. The van der Waals surface area contributed by atoms with E-state index >= 15 is 0 Å². The summed E-state index contributed by atoms with van der Waals surface area (Å²) in [5.74, 6) is 1.21. The van der Waals surface area contributed by atoms with Crippen LogP contribution in [0, 0.1) is 0 Å². The fourth-order valence-electron chi connectivity index (χ4n) is 2.77. The second-order valence-electron chi connectivity index (χ2n) is 6.15. The van der Waals surface area contributed by atoms with E-state index in [1.807, 2.05) is 60.7 Å². The van der Waals surface area contributed by atoms with Crippen LogP contribution in [0.4, 0.5) is 0 Å². The van der Waals surface area contributed by atoms with Crippen molar-refractivity contribution >= 4 is 40.7 Å². The van der Waals surface area contributed by atoms with Gasteiger partial charge in [0.2, 0.25) is 5.91 Å². The van der Waals surface area contributed by atoms with E-state index in [1.54, 1.807) is 6.07 Å². The van der Waals surface area contributed by atoms with E-state index in [4.69, 9.17) is 16.0 Å². The van der Waals surface area contributed by atoms with Crippen LogP contribution in [0.25, 0.3) is 11.3 Å². The number of furan rings is 1. The summed E-state index contributed by atoms with van der Waals surface area (Å²) in [5, 5.41) is 11.8. The van der Waals surface area contributed by atoms with Crippen molar-refractivity contribution in [2.75, 3.05) is 0 Å². The molecule has 1 aliphatic heterocycles. The van der Waals surface area contributed by atoms with Crippen LogP contribution in [0.15, 0.2) is 81.4 Å². The van der Waals surface area contributed by atoms with Crippen molar-refractivity contribution in [2.45, 2.75) is 11.7 Å².